The molecule has 0 aliphatic heterocycles. The molecule has 0 radical (unpaired) electrons. The Kier molecular flexibility index (Phi) is 6.34. The van der Waals surface area contributed by atoms with Gasteiger partial charge in [-0.15, -0.1) is 0 Å². The summed E-state index contributed by atoms with van der Waals surface area (Å²) in [5.74, 6) is -0.898. The number of para-hydroxylation sites is 1. The summed E-state index contributed by atoms with van der Waals surface area (Å²) in [6, 6.07) is 14.5. The lowest BCUT2D eigenvalue weighted by atomic mass is 10.1. The molecule has 0 aliphatic rings. The third-order valence-electron chi connectivity index (χ3n) is 3.58. The first-order valence-corrected chi connectivity index (χ1v) is 7.94. The van der Waals surface area contributed by atoms with Gasteiger partial charge in [0.25, 0.3) is 0 Å². The normalized spacial score (nSPS) is 11.9. The van der Waals surface area contributed by atoms with Gasteiger partial charge in [-0.1, -0.05) is 48.0 Å². The molecule has 0 aromatic heterocycles. The second-order valence-electron chi connectivity index (χ2n) is 5.71. The lowest BCUT2D eigenvalue weighted by molar-refractivity contribution is -0.140. The molecule has 1 atom stereocenters. The number of carboxylic acid groups (broad SMARTS) is 1. The Morgan fingerprint density at radius 1 is 1.16 bits per heavy atom. The summed E-state index contributed by atoms with van der Waals surface area (Å²) in [5.41, 5.74) is 2.99. The zero-order valence-corrected chi connectivity index (χ0v) is 14.2. The first-order chi connectivity index (χ1) is 12.0. The van der Waals surface area contributed by atoms with E-state index in [1.807, 2.05) is 55.5 Å². The number of carbonyl (C=O) groups is 2. The van der Waals surface area contributed by atoms with Gasteiger partial charge in [-0.05, 0) is 31.6 Å². The molecule has 0 spiro atoms. The molecule has 1 amide bonds. The topological polar surface area (TPSA) is 75.6 Å². The Hall–Kier alpha value is -3.08. The molecule has 2 aromatic rings. The molecule has 0 saturated carbocycles. The second-order valence-corrected chi connectivity index (χ2v) is 5.71. The number of aryl methyl sites for hydroxylation is 1. The van der Waals surface area contributed by atoms with Crippen molar-refractivity contribution in [2.45, 2.75) is 26.5 Å². The van der Waals surface area contributed by atoms with Crippen LogP contribution < -0.4 is 10.1 Å². The third kappa shape index (κ3) is 5.80. The highest BCUT2D eigenvalue weighted by Gasteiger charge is 2.11. The van der Waals surface area contributed by atoms with E-state index in [1.165, 1.54) is 18.6 Å². The largest absolute Gasteiger partial charge is 0.488 e. The van der Waals surface area contributed by atoms with Crippen LogP contribution in [0, 0.1) is 6.92 Å². The minimum Gasteiger partial charge on any atom is -0.488 e. The lowest BCUT2D eigenvalue weighted by Crippen LogP contribution is -2.37. The molecule has 25 heavy (non-hydrogen) atoms. The van der Waals surface area contributed by atoms with Crippen LogP contribution in [0.15, 0.2) is 54.6 Å². The van der Waals surface area contributed by atoms with Crippen molar-refractivity contribution < 1.29 is 19.4 Å². The number of hydrogen-bond donors (Lipinski definition) is 2. The molecule has 0 saturated heterocycles. The highest BCUT2D eigenvalue weighted by atomic mass is 16.5. The smallest absolute Gasteiger partial charge is 0.325 e. The summed E-state index contributed by atoms with van der Waals surface area (Å²) < 4.78 is 5.84. The van der Waals surface area contributed by atoms with E-state index in [1.54, 1.807) is 6.08 Å². The van der Waals surface area contributed by atoms with Crippen molar-refractivity contribution in [2.75, 3.05) is 0 Å². The van der Waals surface area contributed by atoms with E-state index < -0.39 is 17.9 Å². The van der Waals surface area contributed by atoms with Gasteiger partial charge in [-0.2, -0.15) is 0 Å². The quantitative estimate of drug-likeness (QED) is 0.760. The molecular formula is C20H21NO4. The summed E-state index contributed by atoms with van der Waals surface area (Å²) in [6.07, 6.45) is 2.90. The Labute approximate surface area is 146 Å². The Balaban J connectivity index is 2.02. The van der Waals surface area contributed by atoms with E-state index in [0.29, 0.717) is 12.4 Å². The number of rotatable bonds is 7. The van der Waals surface area contributed by atoms with Crippen LogP contribution >= 0.6 is 0 Å². The number of benzene rings is 2. The number of nitrogens with one attached hydrogen (secondary N) is 1. The van der Waals surface area contributed by atoms with E-state index in [4.69, 9.17) is 9.84 Å². The van der Waals surface area contributed by atoms with Gasteiger partial charge in [0, 0.05) is 11.6 Å². The van der Waals surface area contributed by atoms with Crippen LogP contribution in [0.3, 0.4) is 0 Å². The van der Waals surface area contributed by atoms with Crippen LogP contribution in [0.1, 0.15) is 23.6 Å². The zero-order valence-electron chi connectivity index (χ0n) is 14.2. The first kappa shape index (κ1) is 18.3. The molecule has 2 rings (SSSR count). The molecule has 0 heterocycles. The van der Waals surface area contributed by atoms with Gasteiger partial charge in [0.15, 0.2) is 0 Å². The predicted molar refractivity (Wildman–Crippen MR) is 96.2 cm³/mol. The van der Waals surface area contributed by atoms with E-state index in [9.17, 15) is 9.59 Å². The molecule has 2 aromatic carbocycles. The zero-order chi connectivity index (χ0) is 18.2. The van der Waals surface area contributed by atoms with Crippen molar-refractivity contribution >= 4 is 18.0 Å². The molecule has 0 aliphatic carbocycles. The van der Waals surface area contributed by atoms with Gasteiger partial charge in [-0.3, -0.25) is 9.59 Å². The molecule has 2 N–H and O–H groups in total. The van der Waals surface area contributed by atoms with Gasteiger partial charge >= 0.3 is 5.97 Å². The van der Waals surface area contributed by atoms with Crippen molar-refractivity contribution in [2.24, 2.45) is 0 Å². The van der Waals surface area contributed by atoms with Crippen molar-refractivity contribution in [3.63, 3.8) is 0 Å². The Morgan fingerprint density at radius 3 is 2.52 bits per heavy atom. The van der Waals surface area contributed by atoms with Crippen molar-refractivity contribution in [3.05, 3.63) is 71.3 Å². The van der Waals surface area contributed by atoms with E-state index in [-0.39, 0.29) is 0 Å². The molecule has 5 nitrogen and oxygen atoms in total. The maximum absolute atomic E-state index is 11.8. The number of ether oxygens (including phenoxy) is 1. The average Bonchev–Trinajstić information content (AvgIpc) is 2.60. The van der Waals surface area contributed by atoms with Gasteiger partial charge in [0.05, 0.1) is 0 Å². The number of amides is 1. The first-order valence-electron chi connectivity index (χ1n) is 7.94. The molecule has 0 fully saturated rings. The molecule has 0 bridgehead atoms. The molecular weight excluding hydrogens is 318 g/mol. The highest BCUT2D eigenvalue weighted by molar-refractivity contribution is 5.94. The van der Waals surface area contributed by atoms with E-state index in [0.717, 1.165) is 11.1 Å². The summed E-state index contributed by atoms with van der Waals surface area (Å²) in [4.78, 5) is 22.5. The van der Waals surface area contributed by atoms with Gasteiger partial charge < -0.3 is 15.2 Å². The fourth-order valence-electron chi connectivity index (χ4n) is 2.08. The van der Waals surface area contributed by atoms with Crippen LogP contribution in [0.2, 0.25) is 0 Å². The van der Waals surface area contributed by atoms with Crippen molar-refractivity contribution in [3.8, 4) is 5.75 Å². The van der Waals surface area contributed by atoms with E-state index in [2.05, 4.69) is 5.32 Å². The minimum atomic E-state index is -1.08. The number of aliphatic carboxylic acids is 1. The van der Waals surface area contributed by atoms with Crippen molar-refractivity contribution in [1.29, 1.82) is 0 Å². The summed E-state index contributed by atoms with van der Waals surface area (Å²) in [7, 11) is 0. The average molecular weight is 339 g/mol. The second kappa shape index (κ2) is 8.68. The Morgan fingerprint density at radius 2 is 1.84 bits per heavy atom. The summed E-state index contributed by atoms with van der Waals surface area (Å²) in [6.45, 7) is 3.86. The fourth-order valence-corrected chi connectivity index (χ4v) is 2.08. The van der Waals surface area contributed by atoms with Crippen molar-refractivity contribution in [1.82, 2.24) is 5.32 Å². The van der Waals surface area contributed by atoms with Gasteiger partial charge in [-0.25, -0.2) is 0 Å². The monoisotopic (exact) mass is 339 g/mol. The van der Waals surface area contributed by atoms with Crippen LogP contribution in [-0.4, -0.2) is 23.0 Å². The SMILES string of the molecule is Cc1ccc(COc2ccccc2/C=C/C(=O)N[C@@H](C)C(=O)O)cc1. The predicted octanol–water partition coefficient (Wildman–Crippen LogP) is 3.18. The molecule has 0 unspecified atom stereocenters. The maximum Gasteiger partial charge on any atom is 0.325 e. The third-order valence-corrected chi connectivity index (χ3v) is 3.58. The van der Waals surface area contributed by atoms with Crippen LogP contribution in [0.25, 0.3) is 6.08 Å². The van der Waals surface area contributed by atoms with Gasteiger partial charge in [0.1, 0.15) is 18.4 Å². The summed E-state index contributed by atoms with van der Waals surface area (Å²) in [5, 5.41) is 11.2. The fraction of sp³-hybridized carbons (Fsp3) is 0.200. The summed E-state index contributed by atoms with van der Waals surface area (Å²) >= 11 is 0. The standard InChI is InChI=1S/C20H21NO4/c1-14-7-9-16(10-8-14)13-25-18-6-4-3-5-17(18)11-12-19(22)21-15(2)20(23)24/h3-12,15H,13H2,1-2H3,(H,21,22)(H,23,24)/b12-11+/t15-/m0/s1. The molecule has 5 heteroatoms. The lowest BCUT2D eigenvalue weighted by Gasteiger charge is -2.10. The van der Waals surface area contributed by atoms with Crippen LogP contribution in [-0.2, 0) is 16.2 Å². The van der Waals surface area contributed by atoms with Crippen LogP contribution in [0.4, 0.5) is 0 Å². The highest BCUT2D eigenvalue weighted by Crippen LogP contribution is 2.21. The minimum absolute atomic E-state index is 0.424. The number of carbonyl (C=O) groups excluding carboxylic acids is 1. The van der Waals surface area contributed by atoms with E-state index >= 15 is 0 Å². The number of carboxylic acids is 1. The van der Waals surface area contributed by atoms with Gasteiger partial charge in [0.2, 0.25) is 5.91 Å². The number of hydrogen-bond acceptors (Lipinski definition) is 3. The van der Waals surface area contributed by atoms with Crippen LogP contribution in [0.5, 0.6) is 5.75 Å². The Bertz CT molecular complexity index is 766. The maximum atomic E-state index is 11.8. The molecule has 130 valence electrons.